The molecule has 0 unspecified atom stereocenters. The molecule has 16 heavy (non-hydrogen) atoms. The molecule has 0 fully saturated rings. The molecule has 0 aliphatic heterocycles. The van der Waals surface area contributed by atoms with E-state index in [4.69, 9.17) is 15.2 Å². The topological polar surface area (TPSA) is 61.6 Å². The van der Waals surface area contributed by atoms with Gasteiger partial charge in [0.1, 0.15) is 0 Å². The minimum absolute atomic E-state index is 0.451. The van der Waals surface area contributed by atoms with Crippen LogP contribution in [0.1, 0.15) is 28.4 Å². The summed E-state index contributed by atoms with van der Waals surface area (Å²) >= 11 is 0. The summed E-state index contributed by atoms with van der Waals surface area (Å²) in [6.45, 7) is 3.86. The average molecular weight is 223 g/mol. The molecule has 0 aromatic heterocycles. The molecule has 4 heteroatoms. The maximum absolute atomic E-state index is 11.3. The van der Waals surface area contributed by atoms with Gasteiger partial charge in [0.05, 0.1) is 14.2 Å². The predicted molar refractivity (Wildman–Crippen MR) is 62.2 cm³/mol. The largest absolute Gasteiger partial charge is 0.493 e. The van der Waals surface area contributed by atoms with Gasteiger partial charge in [0.15, 0.2) is 11.5 Å². The van der Waals surface area contributed by atoms with Crippen LogP contribution >= 0.6 is 0 Å². The Labute approximate surface area is 95.3 Å². The van der Waals surface area contributed by atoms with Crippen molar-refractivity contribution in [2.45, 2.75) is 20.3 Å². The molecule has 1 aromatic rings. The number of primary amides is 1. The second-order valence-corrected chi connectivity index (χ2v) is 3.48. The highest BCUT2D eigenvalue weighted by Gasteiger charge is 2.17. The Kier molecular flexibility index (Phi) is 3.77. The third-order valence-electron chi connectivity index (χ3n) is 2.67. The van der Waals surface area contributed by atoms with Gasteiger partial charge in [-0.25, -0.2) is 0 Å². The minimum Gasteiger partial charge on any atom is -0.493 e. The quantitative estimate of drug-likeness (QED) is 0.844. The molecule has 0 saturated heterocycles. The van der Waals surface area contributed by atoms with Crippen molar-refractivity contribution in [3.05, 3.63) is 22.8 Å². The number of hydrogen-bond acceptors (Lipinski definition) is 3. The van der Waals surface area contributed by atoms with E-state index in [-0.39, 0.29) is 0 Å². The van der Waals surface area contributed by atoms with E-state index in [0.717, 1.165) is 17.5 Å². The fourth-order valence-corrected chi connectivity index (χ4v) is 1.84. The number of benzene rings is 1. The highest BCUT2D eigenvalue weighted by atomic mass is 16.5. The van der Waals surface area contributed by atoms with E-state index in [1.807, 2.05) is 13.8 Å². The van der Waals surface area contributed by atoms with Gasteiger partial charge in [-0.15, -0.1) is 0 Å². The lowest BCUT2D eigenvalue weighted by molar-refractivity contribution is 0.0999. The van der Waals surface area contributed by atoms with Crippen LogP contribution < -0.4 is 15.2 Å². The van der Waals surface area contributed by atoms with E-state index in [1.54, 1.807) is 13.2 Å². The Bertz CT molecular complexity index is 413. The highest BCUT2D eigenvalue weighted by Crippen LogP contribution is 2.35. The molecule has 4 nitrogen and oxygen atoms in total. The van der Waals surface area contributed by atoms with Crippen LogP contribution in [0, 0.1) is 6.92 Å². The van der Waals surface area contributed by atoms with Crippen molar-refractivity contribution in [2.24, 2.45) is 5.73 Å². The van der Waals surface area contributed by atoms with Crippen LogP contribution in [-0.4, -0.2) is 20.1 Å². The zero-order valence-corrected chi connectivity index (χ0v) is 10.1. The Balaban J connectivity index is 3.54. The summed E-state index contributed by atoms with van der Waals surface area (Å²) in [6, 6.07) is 1.62. The van der Waals surface area contributed by atoms with Crippen LogP contribution in [0.5, 0.6) is 11.5 Å². The van der Waals surface area contributed by atoms with Gasteiger partial charge in [-0.05, 0) is 25.0 Å². The van der Waals surface area contributed by atoms with Crippen molar-refractivity contribution < 1.29 is 14.3 Å². The molecule has 1 rings (SSSR count). The minimum atomic E-state index is -0.451. The van der Waals surface area contributed by atoms with Crippen LogP contribution in [0.3, 0.4) is 0 Å². The Morgan fingerprint density at radius 1 is 1.38 bits per heavy atom. The van der Waals surface area contributed by atoms with Gasteiger partial charge in [0, 0.05) is 11.1 Å². The first-order chi connectivity index (χ1) is 7.56. The number of rotatable bonds is 4. The van der Waals surface area contributed by atoms with Gasteiger partial charge >= 0.3 is 0 Å². The zero-order chi connectivity index (χ0) is 12.3. The van der Waals surface area contributed by atoms with E-state index in [1.165, 1.54) is 7.11 Å². The smallest absolute Gasteiger partial charge is 0.249 e. The molecular weight excluding hydrogens is 206 g/mol. The standard InChI is InChI=1S/C12H17NO3/c1-5-8-7(2)9(12(13)14)6-10(15-3)11(8)16-4/h6H,5H2,1-4H3,(H2,13,14). The van der Waals surface area contributed by atoms with Crippen molar-refractivity contribution in [1.82, 2.24) is 0 Å². The van der Waals surface area contributed by atoms with E-state index >= 15 is 0 Å². The maximum Gasteiger partial charge on any atom is 0.249 e. The molecule has 0 radical (unpaired) electrons. The normalized spacial score (nSPS) is 10.0. The maximum atomic E-state index is 11.3. The molecule has 0 aliphatic carbocycles. The van der Waals surface area contributed by atoms with Crippen LogP contribution in [0.25, 0.3) is 0 Å². The number of carbonyl (C=O) groups is 1. The lowest BCUT2D eigenvalue weighted by atomic mass is 9.98. The van der Waals surface area contributed by atoms with Crippen LogP contribution in [0.4, 0.5) is 0 Å². The number of ether oxygens (including phenoxy) is 2. The van der Waals surface area contributed by atoms with Crippen molar-refractivity contribution in [2.75, 3.05) is 14.2 Å². The van der Waals surface area contributed by atoms with Gasteiger partial charge in [-0.2, -0.15) is 0 Å². The van der Waals surface area contributed by atoms with Crippen LogP contribution in [-0.2, 0) is 6.42 Å². The second kappa shape index (κ2) is 4.88. The molecule has 0 spiro atoms. The average Bonchev–Trinajstić information content (AvgIpc) is 2.27. The third kappa shape index (κ3) is 1.96. The van der Waals surface area contributed by atoms with Crippen LogP contribution in [0.2, 0.25) is 0 Å². The molecule has 0 atom stereocenters. The molecule has 1 amide bonds. The summed E-state index contributed by atoms with van der Waals surface area (Å²) in [6.07, 6.45) is 0.756. The van der Waals surface area contributed by atoms with Crippen molar-refractivity contribution >= 4 is 5.91 Å². The molecule has 0 saturated carbocycles. The van der Waals surface area contributed by atoms with E-state index in [9.17, 15) is 4.79 Å². The van der Waals surface area contributed by atoms with Crippen molar-refractivity contribution in [1.29, 1.82) is 0 Å². The lowest BCUT2D eigenvalue weighted by Gasteiger charge is -2.16. The summed E-state index contributed by atoms with van der Waals surface area (Å²) in [7, 11) is 3.12. The molecule has 88 valence electrons. The summed E-state index contributed by atoms with van der Waals surface area (Å²) in [5, 5.41) is 0. The summed E-state index contributed by atoms with van der Waals surface area (Å²) in [5.41, 5.74) is 7.61. The zero-order valence-electron chi connectivity index (χ0n) is 10.1. The Morgan fingerprint density at radius 3 is 2.38 bits per heavy atom. The predicted octanol–water partition coefficient (Wildman–Crippen LogP) is 1.67. The van der Waals surface area contributed by atoms with Crippen molar-refractivity contribution in [3.63, 3.8) is 0 Å². The number of methoxy groups -OCH3 is 2. The first-order valence-electron chi connectivity index (χ1n) is 5.11. The summed E-state index contributed by atoms with van der Waals surface area (Å²) in [4.78, 5) is 11.3. The van der Waals surface area contributed by atoms with Gasteiger partial charge in [-0.3, -0.25) is 4.79 Å². The number of carbonyl (C=O) groups excluding carboxylic acids is 1. The number of hydrogen-bond donors (Lipinski definition) is 1. The second-order valence-electron chi connectivity index (χ2n) is 3.48. The number of amides is 1. The van der Waals surface area contributed by atoms with E-state index in [0.29, 0.717) is 17.1 Å². The fraction of sp³-hybridized carbons (Fsp3) is 0.417. The molecular formula is C12H17NO3. The van der Waals surface area contributed by atoms with Gasteiger partial charge in [-0.1, -0.05) is 6.92 Å². The first-order valence-corrected chi connectivity index (χ1v) is 5.11. The molecule has 0 aliphatic rings. The van der Waals surface area contributed by atoms with Gasteiger partial charge in [0.2, 0.25) is 5.91 Å². The third-order valence-corrected chi connectivity index (χ3v) is 2.67. The Hall–Kier alpha value is -1.71. The highest BCUT2D eigenvalue weighted by molar-refractivity contribution is 5.95. The monoisotopic (exact) mass is 223 g/mol. The molecule has 0 heterocycles. The van der Waals surface area contributed by atoms with E-state index in [2.05, 4.69) is 0 Å². The first kappa shape index (κ1) is 12.4. The van der Waals surface area contributed by atoms with Crippen LogP contribution in [0.15, 0.2) is 6.07 Å². The lowest BCUT2D eigenvalue weighted by Crippen LogP contribution is -2.14. The number of nitrogens with two attached hydrogens (primary N) is 1. The van der Waals surface area contributed by atoms with E-state index < -0.39 is 5.91 Å². The van der Waals surface area contributed by atoms with Gasteiger partial charge < -0.3 is 15.2 Å². The Morgan fingerprint density at radius 2 is 2.00 bits per heavy atom. The fourth-order valence-electron chi connectivity index (χ4n) is 1.84. The molecule has 1 aromatic carbocycles. The van der Waals surface area contributed by atoms with Crippen molar-refractivity contribution in [3.8, 4) is 11.5 Å². The molecule has 2 N–H and O–H groups in total. The molecule has 0 bridgehead atoms. The SMILES string of the molecule is CCc1c(C)c(C(N)=O)cc(OC)c1OC. The van der Waals surface area contributed by atoms with Gasteiger partial charge in [0.25, 0.3) is 0 Å². The summed E-state index contributed by atoms with van der Waals surface area (Å²) in [5.74, 6) is 0.763. The summed E-state index contributed by atoms with van der Waals surface area (Å²) < 4.78 is 10.5.